The predicted octanol–water partition coefficient (Wildman–Crippen LogP) is 4.26. The Kier molecular flexibility index (Phi) is 6.63. The molecule has 2 aromatic rings. The normalized spacial score (nSPS) is 12.7. The lowest BCUT2D eigenvalue weighted by molar-refractivity contribution is -0.153. The van der Waals surface area contributed by atoms with Gasteiger partial charge in [0, 0.05) is 11.8 Å². The van der Waals surface area contributed by atoms with Crippen LogP contribution in [0, 0.1) is 0 Å². The maximum absolute atomic E-state index is 12.8. The monoisotopic (exact) mass is 366 g/mol. The van der Waals surface area contributed by atoms with E-state index in [2.05, 4.69) is 5.32 Å². The molecule has 0 aliphatic carbocycles. The summed E-state index contributed by atoms with van der Waals surface area (Å²) in [6, 6.07) is 14.7. The van der Waals surface area contributed by atoms with E-state index >= 15 is 0 Å². The molecule has 0 aliphatic rings. The number of hydrogen-bond donors (Lipinski definition) is 1. The number of alkyl halides is 3. The molecule has 26 heavy (non-hydrogen) atoms. The van der Waals surface area contributed by atoms with Gasteiger partial charge in [0.15, 0.2) is 6.61 Å². The van der Waals surface area contributed by atoms with Crippen molar-refractivity contribution in [2.45, 2.75) is 19.1 Å². The van der Waals surface area contributed by atoms with Gasteiger partial charge in [-0.2, -0.15) is 13.2 Å². The van der Waals surface area contributed by atoms with Crippen molar-refractivity contribution >= 4 is 11.6 Å². The van der Waals surface area contributed by atoms with Crippen molar-refractivity contribution in [3.8, 4) is 5.75 Å². The molecule has 1 N–H and O–H groups in total. The van der Waals surface area contributed by atoms with Crippen LogP contribution in [0.5, 0.6) is 5.75 Å². The average molecular weight is 366 g/mol. The number of halogens is 3. The van der Waals surface area contributed by atoms with E-state index < -0.39 is 18.8 Å². The zero-order valence-electron chi connectivity index (χ0n) is 14.6. The second kappa shape index (κ2) is 8.71. The summed E-state index contributed by atoms with van der Waals surface area (Å²) in [5.74, 6) is -0.228. The minimum atomic E-state index is -4.42. The molecule has 0 spiro atoms. The molecule has 140 valence electrons. The summed E-state index contributed by atoms with van der Waals surface area (Å²) in [4.78, 5) is 14.7. The molecule has 2 rings (SSSR count). The molecule has 0 bridgehead atoms. The number of ether oxygens (including phenoxy) is 1. The molecule has 0 saturated carbocycles. The SMILES string of the molecule is CCN(C)C(C(=O)Nc1cccc(OCC(F)(F)F)c1)c1ccccc1. The van der Waals surface area contributed by atoms with Crippen LogP contribution in [0.25, 0.3) is 0 Å². The molecule has 1 atom stereocenters. The van der Waals surface area contributed by atoms with E-state index in [9.17, 15) is 18.0 Å². The molecule has 2 aromatic carbocycles. The van der Waals surface area contributed by atoms with Crippen molar-refractivity contribution in [2.24, 2.45) is 0 Å². The Labute approximate surface area is 150 Å². The first-order valence-electron chi connectivity index (χ1n) is 8.16. The van der Waals surface area contributed by atoms with E-state index in [1.807, 2.05) is 49.2 Å². The fraction of sp³-hybridized carbons (Fsp3) is 0.316. The Morgan fingerprint density at radius 3 is 2.46 bits per heavy atom. The van der Waals surface area contributed by atoms with Crippen molar-refractivity contribution < 1.29 is 22.7 Å². The first-order valence-corrected chi connectivity index (χ1v) is 8.16. The maximum Gasteiger partial charge on any atom is 0.422 e. The van der Waals surface area contributed by atoms with Gasteiger partial charge in [0.2, 0.25) is 5.91 Å². The lowest BCUT2D eigenvalue weighted by Crippen LogP contribution is -2.34. The Morgan fingerprint density at radius 1 is 1.15 bits per heavy atom. The summed E-state index contributed by atoms with van der Waals surface area (Å²) in [7, 11) is 1.83. The maximum atomic E-state index is 12.8. The quantitative estimate of drug-likeness (QED) is 0.796. The van der Waals surface area contributed by atoms with Crippen LogP contribution < -0.4 is 10.1 Å². The molecule has 1 amide bonds. The van der Waals surface area contributed by atoms with Crippen molar-refractivity contribution in [1.29, 1.82) is 0 Å². The minimum Gasteiger partial charge on any atom is -0.484 e. The van der Waals surface area contributed by atoms with Gasteiger partial charge in [0.1, 0.15) is 11.8 Å². The second-order valence-corrected chi connectivity index (χ2v) is 5.81. The highest BCUT2D eigenvalue weighted by Crippen LogP contribution is 2.24. The summed E-state index contributed by atoms with van der Waals surface area (Å²) in [6.07, 6.45) is -4.42. The standard InChI is InChI=1S/C19H21F3N2O2/c1-3-24(2)17(14-8-5-4-6-9-14)18(25)23-15-10-7-11-16(12-15)26-13-19(20,21)22/h4-12,17H,3,13H2,1-2H3,(H,23,25). The van der Waals surface area contributed by atoms with E-state index in [0.29, 0.717) is 12.2 Å². The summed E-state index contributed by atoms with van der Waals surface area (Å²) < 4.78 is 41.5. The largest absolute Gasteiger partial charge is 0.484 e. The molecule has 4 nitrogen and oxygen atoms in total. The summed E-state index contributed by atoms with van der Waals surface area (Å²) in [5, 5.41) is 2.75. The van der Waals surface area contributed by atoms with Gasteiger partial charge >= 0.3 is 6.18 Å². The Hall–Kier alpha value is -2.54. The molecule has 0 saturated heterocycles. The molecule has 1 unspecified atom stereocenters. The predicted molar refractivity (Wildman–Crippen MR) is 94.1 cm³/mol. The molecule has 0 aromatic heterocycles. The minimum absolute atomic E-state index is 0.0419. The third-order valence-electron chi connectivity index (χ3n) is 3.81. The number of anilines is 1. The van der Waals surface area contributed by atoms with Crippen LogP contribution in [0.15, 0.2) is 54.6 Å². The molecule has 0 aliphatic heterocycles. The molecule has 0 radical (unpaired) electrons. The number of amides is 1. The van der Waals surface area contributed by atoms with Crippen LogP contribution in [0.4, 0.5) is 18.9 Å². The second-order valence-electron chi connectivity index (χ2n) is 5.81. The average Bonchev–Trinajstić information content (AvgIpc) is 2.60. The zero-order chi connectivity index (χ0) is 19.2. The Balaban J connectivity index is 2.14. The number of carbonyl (C=O) groups excluding carboxylic acids is 1. The van der Waals surface area contributed by atoms with Crippen LogP contribution in [0.1, 0.15) is 18.5 Å². The first-order chi connectivity index (χ1) is 12.3. The van der Waals surface area contributed by atoms with E-state index in [1.54, 1.807) is 6.07 Å². The van der Waals surface area contributed by atoms with E-state index in [1.165, 1.54) is 18.2 Å². The Morgan fingerprint density at radius 2 is 1.85 bits per heavy atom. The fourth-order valence-electron chi connectivity index (χ4n) is 2.46. The summed E-state index contributed by atoms with van der Waals surface area (Å²) >= 11 is 0. The molecular formula is C19H21F3N2O2. The number of hydrogen-bond acceptors (Lipinski definition) is 3. The van der Waals surface area contributed by atoms with Crippen LogP contribution >= 0.6 is 0 Å². The van der Waals surface area contributed by atoms with Crippen LogP contribution in [-0.2, 0) is 4.79 Å². The van der Waals surface area contributed by atoms with Crippen LogP contribution in [0.2, 0.25) is 0 Å². The van der Waals surface area contributed by atoms with E-state index in [4.69, 9.17) is 4.74 Å². The smallest absolute Gasteiger partial charge is 0.422 e. The molecular weight excluding hydrogens is 345 g/mol. The number of nitrogens with one attached hydrogen (secondary N) is 1. The van der Waals surface area contributed by atoms with Crippen LogP contribution in [0.3, 0.4) is 0 Å². The summed E-state index contributed by atoms with van der Waals surface area (Å²) in [6.45, 7) is 1.21. The number of carbonyl (C=O) groups is 1. The number of likely N-dealkylation sites (N-methyl/N-ethyl adjacent to an activating group) is 1. The van der Waals surface area contributed by atoms with Crippen molar-refractivity contribution in [2.75, 3.05) is 25.5 Å². The third-order valence-corrected chi connectivity index (χ3v) is 3.81. The number of nitrogens with zero attached hydrogens (tertiary/aromatic N) is 1. The molecule has 0 fully saturated rings. The Bertz CT molecular complexity index is 720. The van der Waals surface area contributed by atoms with Gasteiger partial charge in [-0.15, -0.1) is 0 Å². The van der Waals surface area contributed by atoms with E-state index in [0.717, 1.165) is 5.56 Å². The zero-order valence-corrected chi connectivity index (χ0v) is 14.6. The van der Waals surface area contributed by atoms with Gasteiger partial charge < -0.3 is 10.1 Å². The highest BCUT2D eigenvalue weighted by atomic mass is 19.4. The summed E-state index contributed by atoms with van der Waals surface area (Å²) in [5.41, 5.74) is 1.21. The van der Waals surface area contributed by atoms with Gasteiger partial charge in [-0.3, -0.25) is 9.69 Å². The van der Waals surface area contributed by atoms with Crippen LogP contribution in [-0.4, -0.2) is 37.2 Å². The lowest BCUT2D eigenvalue weighted by Gasteiger charge is -2.26. The topological polar surface area (TPSA) is 41.6 Å². The van der Waals surface area contributed by atoms with Crippen molar-refractivity contribution in [1.82, 2.24) is 4.90 Å². The van der Waals surface area contributed by atoms with Crippen molar-refractivity contribution in [3.05, 3.63) is 60.2 Å². The van der Waals surface area contributed by atoms with Gasteiger partial charge in [0.05, 0.1) is 0 Å². The first kappa shape index (κ1) is 19.8. The molecule has 7 heteroatoms. The third kappa shape index (κ3) is 5.77. The highest BCUT2D eigenvalue weighted by Gasteiger charge is 2.28. The van der Waals surface area contributed by atoms with Gasteiger partial charge in [-0.1, -0.05) is 43.3 Å². The highest BCUT2D eigenvalue weighted by molar-refractivity contribution is 5.95. The molecule has 0 heterocycles. The number of rotatable bonds is 7. The van der Waals surface area contributed by atoms with Gasteiger partial charge in [-0.25, -0.2) is 0 Å². The van der Waals surface area contributed by atoms with Crippen molar-refractivity contribution in [3.63, 3.8) is 0 Å². The fourth-order valence-corrected chi connectivity index (χ4v) is 2.46. The number of benzene rings is 2. The lowest BCUT2D eigenvalue weighted by atomic mass is 10.0. The van der Waals surface area contributed by atoms with E-state index in [-0.39, 0.29) is 11.7 Å². The van der Waals surface area contributed by atoms with Gasteiger partial charge in [0.25, 0.3) is 0 Å². The van der Waals surface area contributed by atoms with Gasteiger partial charge in [-0.05, 0) is 31.3 Å².